The first-order valence-electron chi connectivity index (χ1n) is 13.0. The molecule has 0 unspecified atom stereocenters. The zero-order valence-electron chi connectivity index (χ0n) is 20.9. The van der Waals surface area contributed by atoms with Crippen LogP contribution in [0.2, 0.25) is 0 Å². The number of nitrogens with one attached hydrogen (secondary N) is 1. The highest BCUT2D eigenvalue weighted by atomic mass is 32.2. The summed E-state index contributed by atoms with van der Waals surface area (Å²) in [5.41, 5.74) is 4.22. The predicted molar refractivity (Wildman–Crippen MR) is 140 cm³/mol. The van der Waals surface area contributed by atoms with Gasteiger partial charge in [0.05, 0.1) is 16.8 Å². The molecule has 1 aliphatic carbocycles. The van der Waals surface area contributed by atoms with Crippen molar-refractivity contribution in [3.05, 3.63) is 76.9 Å². The third-order valence-corrected chi connectivity index (χ3v) is 8.94. The van der Waals surface area contributed by atoms with Crippen LogP contribution in [0.4, 0.5) is 10.1 Å². The number of halogens is 1. The number of hydrogen-bond acceptors (Lipinski definition) is 4. The van der Waals surface area contributed by atoms with E-state index in [2.05, 4.69) is 14.7 Å². The van der Waals surface area contributed by atoms with E-state index in [1.165, 1.54) is 38.2 Å². The number of aryl methyl sites for hydroxylation is 2. The third kappa shape index (κ3) is 5.98. The zero-order valence-corrected chi connectivity index (χ0v) is 21.7. The number of fused-ring (bicyclic) bond motifs is 1. The summed E-state index contributed by atoms with van der Waals surface area (Å²) in [5.74, 6) is 0.294. The first-order chi connectivity index (χ1) is 17.4. The highest BCUT2D eigenvalue weighted by Crippen LogP contribution is 2.30. The molecule has 2 heterocycles. The molecule has 192 valence electrons. The van der Waals surface area contributed by atoms with Gasteiger partial charge in [-0.25, -0.2) is 12.8 Å². The SMILES string of the molecule is Cn1cc(CN2CCc3cc(S(=O)(=O)Nc4ccc(CCCC5CCCC5)cc4F)ccc3C2)cn1. The van der Waals surface area contributed by atoms with Crippen molar-refractivity contribution in [3.63, 3.8) is 0 Å². The molecule has 36 heavy (non-hydrogen) atoms. The van der Waals surface area contributed by atoms with E-state index in [0.717, 1.165) is 67.1 Å². The van der Waals surface area contributed by atoms with E-state index < -0.39 is 15.8 Å². The van der Waals surface area contributed by atoms with E-state index in [0.29, 0.717) is 0 Å². The number of aromatic nitrogens is 2. The van der Waals surface area contributed by atoms with E-state index in [-0.39, 0.29) is 10.6 Å². The van der Waals surface area contributed by atoms with Crippen LogP contribution in [-0.4, -0.2) is 29.6 Å². The Bertz CT molecular complexity index is 1310. The van der Waals surface area contributed by atoms with Crippen LogP contribution < -0.4 is 4.72 Å². The summed E-state index contributed by atoms with van der Waals surface area (Å²) >= 11 is 0. The van der Waals surface area contributed by atoms with Crippen molar-refractivity contribution in [3.8, 4) is 0 Å². The van der Waals surface area contributed by atoms with Gasteiger partial charge >= 0.3 is 0 Å². The number of anilines is 1. The number of sulfonamides is 1. The van der Waals surface area contributed by atoms with Gasteiger partial charge in [0.2, 0.25) is 0 Å². The first-order valence-corrected chi connectivity index (χ1v) is 14.5. The van der Waals surface area contributed by atoms with Gasteiger partial charge in [0.15, 0.2) is 0 Å². The topological polar surface area (TPSA) is 67.2 Å². The fourth-order valence-electron chi connectivity index (χ4n) is 5.60. The highest BCUT2D eigenvalue weighted by Gasteiger charge is 2.22. The van der Waals surface area contributed by atoms with Crippen LogP contribution in [0.1, 0.15) is 60.8 Å². The molecule has 2 aliphatic rings. The van der Waals surface area contributed by atoms with E-state index in [9.17, 15) is 12.8 Å². The van der Waals surface area contributed by atoms with Crippen LogP contribution in [0.3, 0.4) is 0 Å². The van der Waals surface area contributed by atoms with Gasteiger partial charge in [0.25, 0.3) is 10.0 Å². The third-order valence-electron chi connectivity index (χ3n) is 7.57. The van der Waals surface area contributed by atoms with E-state index in [1.807, 2.05) is 31.6 Å². The molecule has 2 aromatic carbocycles. The van der Waals surface area contributed by atoms with Gasteiger partial charge in [-0.3, -0.25) is 14.3 Å². The van der Waals surface area contributed by atoms with Gasteiger partial charge in [0.1, 0.15) is 5.82 Å². The van der Waals surface area contributed by atoms with Crippen molar-refractivity contribution in [1.29, 1.82) is 0 Å². The second-order valence-corrected chi connectivity index (χ2v) is 12.1. The summed E-state index contributed by atoms with van der Waals surface area (Å²) in [6, 6.07) is 10.1. The molecule has 0 radical (unpaired) electrons. The van der Waals surface area contributed by atoms with Crippen molar-refractivity contribution in [2.24, 2.45) is 13.0 Å². The van der Waals surface area contributed by atoms with Crippen LogP contribution in [-0.2, 0) is 43.0 Å². The number of rotatable bonds is 9. The normalized spacial score (nSPS) is 16.8. The lowest BCUT2D eigenvalue weighted by atomic mass is 9.98. The Hall–Kier alpha value is -2.71. The molecule has 5 rings (SSSR count). The molecule has 1 fully saturated rings. The summed E-state index contributed by atoms with van der Waals surface area (Å²) in [6.07, 6.45) is 13.0. The molecule has 1 aromatic heterocycles. The van der Waals surface area contributed by atoms with Gasteiger partial charge in [-0.1, -0.05) is 44.2 Å². The van der Waals surface area contributed by atoms with Crippen molar-refractivity contribution >= 4 is 15.7 Å². The lowest BCUT2D eigenvalue weighted by molar-refractivity contribution is 0.245. The molecule has 0 bridgehead atoms. The lowest BCUT2D eigenvalue weighted by Crippen LogP contribution is -2.30. The van der Waals surface area contributed by atoms with Crippen molar-refractivity contribution < 1.29 is 12.8 Å². The Morgan fingerprint density at radius 2 is 1.92 bits per heavy atom. The van der Waals surface area contributed by atoms with Crippen molar-refractivity contribution in [2.45, 2.75) is 69.4 Å². The molecule has 1 saturated carbocycles. The van der Waals surface area contributed by atoms with Crippen LogP contribution in [0, 0.1) is 11.7 Å². The molecule has 0 saturated heterocycles. The van der Waals surface area contributed by atoms with E-state index in [4.69, 9.17) is 0 Å². The average molecular weight is 511 g/mol. The van der Waals surface area contributed by atoms with E-state index in [1.54, 1.807) is 22.9 Å². The van der Waals surface area contributed by atoms with Crippen molar-refractivity contribution in [1.82, 2.24) is 14.7 Å². The zero-order chi connectivity index (χ0) is 25.1. The van der Waals surface area contributed by atoms with Crippen molar-refractivity contribution in [2.75, 3.05) is 11.3 Å². The van der Waals surface area contributed by atoms with Crippen LogP contribution in [0.5, 0.6) is 0 Å². The van der Waals surface area contributed by atoms with Gasteiger partial charge in [-0.05, 0) is 66.1 Å². The van der Waals surface area contributed by atoms with Crippen LogP contribution >= 0.6 is 0 Å². The maximum atomic E-state index is 14.8. The molecular formula is C28H35FN4O2S. The van der Waals surface area contributed by atoms with Crippen LogP contribution in [0.15, 0.2) is 53.7 Å². The lowest BCUT2D eigenvalue weighted by Gasteiger charge is -2.28. The minimum absolute atomic E-state index is 0.00471. The molecule has 1 aliphatic heterocycles. The fourth-order valence-corrected chi connectivity index (χ4v) is 6.71. The highest BCUT2D eigenvalue weighted by molar-refractivity contribution is 7.92. The summed E-state index contributed by atoms with van der Waals surface area (Å²) in [4.78, 5) is 2.50. The second kappa shape index (κ2) is 10.7. The Balaban J connectivity index is 1.20. The quantitative estimate of drug-likeness (QED) is 0.417. The average Bonchev–Trinajstić information content (AvgIpc) is 3.52. The Kier molecular flexibility index (Phi) is 7.44. The minimum atomic E-state index is -3.88. The van der Waals surface area contributed by atoms with Gasteiger partial charge in [0, 0.05) is 38.4 Å². The number of nitrogens with zero attached hydrogens (tertiary/aromatic N) is 3. The van der Waals surface area contributed by atoms with Crippen LogP contribution in [0.25, 0.3) is 0 Å². The number of hydrogen-bond donors (Lipinski definition) is 1. The first kappa shape index (κ1) is 25.0. The largest absolute Gasteiger partial charge is 0.294 e. The molecule has 1 N–H and O–H groups in total. The summed E-state index contributed by atoms with van der Waals surface area (Å²) in [6.45, 7) is 2.41. The monoisotopic (exact) mass is 510 g/mol. The van der Waals surface area contributed by atoms with Gasteiger partial charge < -0.3 is 0 Å². The Morgan fingerprint density at radius 3 is 2.67 bits per heavy atom. The summed E-state index contributed by atoms with van der Waals surface area (Å²) in [5, 5.41) is 4.23. The van der Waals surface area contributed by atoms with Gasteiger partial charge in [-0.15, -0.1) is 0 Å². The standard InChI is InChI=1S/C28H35FN4O2S/c1-32-18-23(17-30-32)19-33-14-13-24-16-26(11-10-25(24)20-33)36(34,35)31-28-12-9-22(15-27(28)29)8-4-7-21-5-2-3-6-21/h9-12,15-18,21,31H,2-8,13-14,19-20H2,1H3. The Morgan fingerprint density at radius 1 is 1.08 bits per heavy atom. The molecule has 0 spiro atoms. The maximum absolute atomic E-state index is 14.8. The predicted octanol–water partition coefficient (Wildman–Crippen LogP) is 5.43. The maximum Gasteiger partial charge on any atom is 0.261 e. The molecule has 3 aromatic rings. The smallest absolute Gasteiger partial charge is 0.261 e. The molecule has 0 amide bonds. The molecular weight excluding hydrogens is 475 g/mol. The minimum Gasteiger partial charge on any atom is -0.294 e. The molecule has 8 heteroatoms. The summed E-state index contributed by atoms with van der Waals surface area (Å²) in [7, 11) is -1.98. The second-order valence-electron chi connectivity index (χ2n) is 10.4. The fraction of sp³-hybridized carbons (Fsp3) is 0.464. The van der Waals surface area contributed by atoms with E-state index >= 15 is 0 Å². The Labute approximate surface area is 213 Å². The summed E-state index contributed by atoms with van der Waals surface area (Å²) < 4.78 is 45.1. The molecule has 0 atom stereocenters. The van der Waals surface area contributed by atoms with Gasteiger partial charge in [-0.2, -0.15) is 5.10 Å². The molecule has 6 nitrogen and oxygen atoms in total. The number of benzene rings is 2.